The first kappa shape index (κ1) is 24.1. The lowest BCUT2D eigenvalue weighted by Gasteiger charge is -2.29. The molecule has 1 fully saturated rings. The van der Waals surface area contributed by atoms with Crippen LogP contribution < -0.4 is 24.8 Å². The van der Waals surface area contributed by atoms with Gasteiger partial charge in [0.1, 0.15) is 19.8 Å². The van der Waals surface area contributed by atoms with E-state index in [0.29, 0.717) is 50.3 Å². The zero-order chi connectivity index (χ0) is 24.9. The first-order valence-corrected chi connectivity index (χ1v) is 12.2. The van der Waals surface area contributed by atoms with Crippen molar-refractivity contribution in [3.05, 3.63) is 48.2 Å². The summed E-state index contributed by atoms with van der Waals surface area (Å²) in [6.45, 7) is 4.07. The Morgan fingerprint density at radius 2 is 1.97 bits per heavy atom. The number of aryl methyl sites for hydroxylation is 1. The van der Waals surface area contributed by atoms with Gasteiger partial charge in [-0.1, -0.05) is 0 Å². The molecule has 190 valence electrons. The fourth-order valence-corrected chi connectivity index (χ4v) is 4.74. The Hall–Kier alpha value is -3.63. The van der Waals surface area contributed by atoms with Gasteiger partial charge in [-0.3, -0.25) is 14.8 Å². The molecule has 4 heterocycles. The van der Waals surface area contributed by atoms with E-state index in [4.69, 9.17) is 24.7 Å². The Morgan fingerprint density at radius 3 is 2.81 bits per heavy atom. The van der Waals surface area contributed by atoms with Crippen molar-refractivity contribution in [2.45, 2.75) is 18.9 Å². The number of rotatable bonds is 10. The van der Waals surface area contributed by atoms with Gasteiger partial charge in [0.2, 0.25) is 5.88 Å². The van der Waals surface area contributed by atoms with Crippen molar-refractivity contribution in [3.8, 4) is 17.4 Å². The van der Waals surface area contributed by atoms with Crippen LogP contribution in [0.2, 0.25) is 0 Å². The second-order valence-electron chi connectivity index (χ2n) is 8.81. The highest BCUT2D eigenvalue weighted by atomic mass is 16.6. The summed E-state index contributed by atoms with van der Waals surface area (Å²) in [6, 6.07) is 11.2. The number of methoxy groups -OCH3 is 1. The molecule has 2 aliphatic heterocycles. The third-order valence-corrected chi connectivity index (χ3v) is 6.45. The van der Waals surface area contributed by atoms with Gasteiger partial charge in [-0.2, -0.15) is 0 Å². The van der Waals surface area contributed by atoms with Crippen LogP contribution in [-0.2, 0) is 11.2 Å². The monoisotopic (exact) mass is 493 g/mol. The lowest BCUT2D eigenvalue weighted by Crippen LogP contribution is -2.44. The highest BCUT2D eigenvalue weighted by molar-refractivity contribution is 5.90. The van der Waals surface area contributed by atoms with Gasteiger partial charge >= 0.3 is 6.09 Å². The Labute approximate surface area is 209 Å². The fraction of sp³-hybridized carbons (Fsp3) is 0.423. The summed E-state index contributed by atoms with van der Waals surface area (Å²) >= 11 is 0. The van der Waals surface area contributed by atoms with E-state index in [9.17, 15) is 4.79 Å². The molecule has 2 aromatic heterocycles. The highest BCUT2D eigenvalue weighted by Crippen LogP contribution is 2.36. The van der Waals surface area contributed by atoms with Gasteiger partial charge in [0.25, 0.3) is 0 Å². The molecule has 10 nitrogen and oxygen atoms in total. The zero-order valence-corrected chi connectivity index (χ0v) is 20.4. The maximum atomic E-state index is 12.6. The summed E-state index contributed by atoms with van der Waals surface area (Å²) in [5.74, 6) is 1.91. The quantitative estimate of drug-likeness (QED) is 0.455. The number of carbonyl (C=O) groups excluding carboxylic acids is 1. The minimum atomic E-state index is -0.354. The predicted octanol–water partition coefficient (Wildman–Crippen LogP) is 2.63. The van der Waals surface area contributed by atoms with Gasteiger partial charge in [-0.25, -0.2) is 9.78 Å². The van der Waals surface area contributed by atoms with Crippen LogP contribution in [0.4, 0.5) is 10.5 Å². The summed E-state index contributed by atoms with van der Waals surface area (Å²) in [4.78, 5) is 25.6. The van der Waals surface area contributed by atoms with E-state index in [2.05, 4.69) is 14.9 Å². The van der Waals surface area contributed by atoms with Crippen molar-refractivity contribution in [1.29, 1.82) is 0 Å². The number of pyridine rings is 2. The number of ether oxygens (including phenoxy) is 4. The van der Waals surface area contributed by atoms with Crippen LogP contribution in [0.1, 0.15) is 12.0 Å². The minimum absolute atomic E-state index is 0.126. The number of amides is 1. The Balaban J connectivity index is 1.26. The second kappa shape index (κ2) is 11.0. The normalized spacial score (nSPS) is 17.0. The molecule has 0 spiro atoms. The Morgan fingerprint density at radius 1 is 1.11 bits per heavy atom. The molecule has 1 aromatic carbocycles. The average molecular weight is 494 g/mol. The molecule has 2 aliphatic rings. The molecule has 2 N–H and O–H groups in total. The summed E-state index contributed by atoms with van der Waals surface area (Å²) in [7, 11) is 1.61. The first-order chi connectivity index (χ1) is 17.7. The standard InChI is InChI=1S/C26H31N5O5/c1-33-24-7-5-21-25(29-24)18(8-10-28-21)3-2-11-30(12-9-27)16-20-17-36-26(32)31(20)19-4-6-22-23(15-19)35-14-13-34-22/h4-8,10,15,20H,2-3,9,11-14,16-17,27H2,1H3. The molecule has 36 heavy (non-hydrogen) atoms. The van der Waals surface area contributed by atoms with Crippen molar-refractivity contribution in [2.75, 3.05) is 58.0 Å². The van der Waals surface area contributed by atoms with Crippen LogP contribution in [0.3, 0.4) is 0 Å². The second-order valence-corrected chi connectivity index (χ2v) is 8.81. The van der Waals surface area contributed by atoms with Crippen LogP contribution in [0.15, 0.2) is 42.6 Å². The topological polar surface area (TPSA) is 112 Å². The lowest BCUT2D eigenvalue weighted by atomic mass is 10.1. The van der Waals surface area contributed by atoms with E-state index in [1.165, 1.54) is 0 Å². The molecule has 0 radical (unpaired) electrons. The van der Waals surface area contributed by atoms with Gasteiger partial charge in [0.05, 0.1) is 29.9 Å². The molecule has 5 rings (SSSR count). The summed E-state index contributed by atoms with van der Waals surface area (Å²) in [5.41, 5.74) is 9.51. The minimum Gasteiger partial charge on any atom is -0.486 e. The van der Waals surface area contributed by atoms with Gasteiger partial charge in [0.15, 0.2) is 11.5 Å². The van der Waals surface area contributed by atoms with Crippen molar-refractivity contribution >= 4 is 22.8 Å². The predicted molar refractivity (Wildman–Crippen MR) is 135 cm³/mol. The van der Waals surface area contributed by atoms with Gasteiger partial charge in [-0.15, -0.1) is 0 Å². The third-order valence-electron chi connectivity index (χ3n) is 6.45. The van der Waals surface area contributed by atoms with Crippen LogP contribution >= 0.6 is 0 Å². The van der Waals surface area contributed by atoms with Crippen LogP contribution in [0.25, 0.3) is 11.0 Å². The third kappa shape index (κ3) is 5.14. The van der Waals surface area contributed by atoms with Crippen molar-refractivity contribution in [1.82, 2.24) is 14.9 Å². The van der Waals surface area contributed by atoms with E-state index in [0.717, 1.165) is 48.2 Å². The molecule has 10 heteroatoms. The van der Waals surface area contributed by atoms with Crippen LogP contribution in [-0.4, -0.2) is 80.1 Å². The van der Waals surface area contributed by atoms with Crippen molar-refractivity contribution < 1.29 is 23.7 Å². The van der Waals surface area contributed by atoms with Crippen LogP contribution in [0, 0.1) is 0 Å². The molecule has 1 saturated heterocycles. The van der Waals surface area contributed by atoms with Crippen LogP contribution in [0.5, 0.6) is 17.4 Å². The number of aromatic nitrogens is 2. The molecule has 3 aromatic rings. The highest BCUT2D eigenvalue weighted by Gasteiger charge is 2.36. The van der Waals surface area contributed by atoms with E-state index in [1.54, 1.807) is 12.0 Å². The Bertz CT molecular complexity index is 1220. The SMILES string of the molecule is COc1ccc2nccc(CCCN(CCN)CC3COC(=O)N3c3ccc4c(c3)OCCO4)c2n1. The number of hydrogen-bond acceptors (Lipinski definition) is 9. The molecular formula is C26H31N5O5. The number of anilines is 1. The number of nitrogens with two attached hydrogens (primary N) is 1. The van der Waals surface area contributed by atoms with Gasteiger partial charge < -0.3 is 24.7 Å². The number of cyclic esters (lactones) is 1. The van der Waals surface area contributed by atoms with E-state index in [-0.39, 0.29) is 12.1 Å². The van der Waals surface area contributed by atoms with E-state index >= 15 is 0 Å². The zero-order valence-electron chi connectivity index (χ0n) is 20.4. The van der Waals surface area contributed by atoms with Crippen molar-refractivity contribution in [3.63, 3.8) is 0 Å². The van der Waals surface area contributed by atoms with Gasteiger partial charge in [0, 0.05) is 38.0 Å². The van der Waals surface area contributed by atoms with E-state index < -0.39 is 0 Å². The van der Waals surface area contributed by atoms with Gasteiger partial charge in [-0.05, 0) is 49.2 Å². The maximum absolute atomic E-state index is 12.6. The lowest BCUT2D eigenvalue weighted by molar-refractivity contribution is 0.171. The maximum Gasteiger partial charge on any atom is 0.414 e. The fourth-order valence-electron chi connectivity index (χ4n) is 4.74. The molecule has 1 atom stereocenters. The largest absolute Gasteiger partial charge is 0.486 e. The summed E-state index contributed by atoms with van der Waals surface area (Å²) in [6.07, 6.45) is 3.21. The number of carbonyl (C=O) groups is 1. The van der Waals surface area contributed by atoms with Crippen molar-refractivity contribution in [2.24, 2.45) is 5.73 Å². The molecule has 0 aliphatic carbocycles. The smallest absolute Gasteiger partial charge is 0.414 e. The number of benzene rings is 1. The average Bonchev–Trinajstić information content (AvgIpc) is 3.27. The van der Waals surface area contributed by atoms with E-state index in [1.807, 2.05) is 42.6 Å². The molecule has 0 bridgehead atoms. The summed E-state index contributed by atoms with van der Waals surface area (Å²) in [5, 5.41) is 0. The molecule has 1 unspecified atom stereocenters. The first-order valence-electron chi connectivity index (χ1n) is 12.2. The number of nitrogens with zero attached hydrogens (tertiary/aromatic N) is 4. The molecule has 1 amide bonds. The molecule has 0 saturated carbocycles. The number of hydrogen-bond donors (Lipinski definition) is 1. The Kier molecular flexibility index (Phi) is 7.33. The summed E-state index contributed by atoms with van der Waals surface area (Å²) < 4.78 is 22.0. The number of fused-ring (bicyclic) bond motifs is 2. The molecular weight excluding hydrogens is 462 g/mol.